The quantitative estimate of drug-likeness (QED) is 0.925. The molecule has 0 bridgehead atoms. The third-order valence-corrected chi connectivity index (χ3v) is 4.49. The molecule has 1 aliphatic rings. The molecule has 1 unspecified atom stereocenters. The lowest BCUT2D eigenvalue weighted by Crippen LogP contribution is -2.41. The van der Waals surface area contributed by atoms with Gasteiger partial charge in [0.1, 0.15) is 6.04 Å². The summed E-state index contributed by atoms with van der Waals surface area (Å²) in [4.78, 5) is 24.6. The zero-order chi connectivity index (χ0) is 17.3. The highest BCUT2D eigenvalue weighted by Gasteiger charge is 2.23. The van der Waals surface area contributed by atoms with Gasteiger partial charge in [-0.2, -0.15) is 5.10 Å². The van der Waals surface area contributed by atoms with Crippen LogP contribution in [-0.2, 0) is 4.79 Å². The van der Waals surface area contributed by atoms with Crippen molar-refractivity contribution in [3.05, 3.63) is 39.9 Å². The molecule has 1 amide bonds. The Morgan fingerprint density at radius 1 is 1.25 bits per heavy atom. The molecule has 1 saturated carbocycles. The van der Waals surface area contributed by atoms with E-state index < -0.39 is 6.04 Å². The summed E-state index contributed by atoms with van der Waals surface area (Å²) in [5, 5.41) is 11.8. The van der Waals surface area contributed by atoms with Gasteiger partial charge in [0.05, 0.1) is 5.69 Å². The van der Waals surface area contributed by atoms with Crippen LogP contribution in [0.15, 0.2) is 23.0 Å². The van der Waals surface area contributed by atoms with E-state index in [0.29, 0.717) is 5.82 Å². The topological polar surface area (TPSA) is 81.8 Å². The summed E-state index contributed by atoms with van der Waals surface area (Å²) in [5.41, 5.74) is 1.50. The first-order chi connectivity index (χ1) is 11.5. The van der Waals surface area contributed by atoms with E-state index in [2.05, 4.69) is 15.5 Å². The fourth-order valence-electron chi connectivity index (χ4n) is 3.17. The number of rotatable bonds is 4. The van der Waals surface area contributed by atoms with Gasteiger partial charge in [0.15, 0.2) is 5.82 Å². The molecule has 1 atom stereocenters. The van der Waals surface area contributed by atoms with Crippen molar-refractivity contribution in [2.24, 2.45) is 0 Å². The SMILES string of the molecule is Cc1cc(C)n(-c2ccc(=O)n(C(C)C(=O)NC3CCCC3)n2)n1. The molecule has 0 saturated heterocycles. The minimum absolute atomic E-state index is 0.165. The molecule has 0 spiro atoms. The van der Waals surface area contributed by atoms with Crippen LogP contribution in [0.1, 0.15) is 50.0 Å². The molecule has 0 aromatic carbocycles. The second-order valence-corrected chi connectivity index (χ2v) is 6.48. The van der Waals surface area contributed by atoms with Crippen molar-refractivity contribution in [3.8, 4) is 5.82 Å². The number of carbonyl (C=O) groups is 1. The van der Waals surface area contributed by atoms with Gasteiger partial charge in [-0.15, -0.1) is 5.10 Å². The van der Waals surface area contributed by atoms with Crippen molar-refractivity contribution >= 4 is 5.91 Å². The Balaban J connectivity index is 1.86. The normalized spacial score (nSPS) is 16.3. The van der Waals surface area contributed by atoms with E-state index in [4.69, 9.17) is 0 Å². The van der Waals surface area contributed by atoms with Gasteiger partial charge in [-0.3, -0.25) is 9.59 Å². The number of hydrogen-bond donors (Lipinski definition) is 1. The van der Waals surface area contributed by atoms with Crippen LogP contribution in [-0.4, -0.2) is 31.5 Å². The van der Waals surface area contributed by atoms with Crippen molar-refractivity contribution < 1.29 is 4.79 Å². The van der Waals surface area contributed by atoms with Gasteiger partial charge in [0.2, 0.25) is 5.91 Å². The summed E-state index contributed by atoms with van der Waals surface area (Å²) in [7, 11) is 0. The fourth-order valence-corrected chi connectivity index (χ4v) is 3.17. The van der Waals surface area contributed by atoms with Crippen molar-refractivity contribution in [1.29, 1.82) is 0 Å². The van der Waals surface area contributed by atoms with E-state index in [9.17, 15) is 9.59 Å². The summed E-state index contributed by atoms with van der Waals surface area (Å²) >= 11 is 0. The molecule has 1 N–H and O–H groups in total. The maximum atomic E-state index is 12.4. The molecule has 2 aromatic rings. The van der Waals surface area contributed by atoms with Crippen LogP contribution in [0, 0.1) is 13.8 Å². The summed E-state index contributed by atoms with van der Waals surface area (Å²) in [5.74, 6) is 0.364. The van der Waals surface area contributed by atoms with Crippen LogP contribution >= 0.6 is 0 Å². The second-order valence-electron chi connectivity index (χ2n) is 6.48. The average molecular weight is 329 g/mol. The average Bonchev–Trinajstić information content (AvgIpc) is 3.16. The monoisotopic (exact) mass is 329 g/mol. The summed E-state index contributed by atoms with van der Waals surface area (Å²) in [6.07, 6.45) is 4.30. The van der Waals surface area contributed by atoms with Gasteiger partial charge in [-0.25, -0.2) is 9.36 Å². The van der Waals surface area contributed by atoms with Crippen LogP contribution in [0.4, 0.5) is 0 Å². The highest BCUT2D eigenvalue weighted by Crippen LogP contribution is 2.18. The molecule has 128 valence electrons. The van der Waals surface area contributed by atoms with E-state index in [1.807, 2.05) is 19.9 Å². The third-order valence-electron chi connectivity index (χ3n) is 4.49. The molecular weight excluding hydrogens is 306 g/mol. The zero-order valence-electron chi connectivity index (χ0n) is 14.3. The molecule has 2 aromatic heterocycles. The first-order valence-electron chi connectivity index (χ1n) is 8.39. The molecule has 0 radical (unpaired) electrons. The number of aryl methyl sites for hydroxylation is 2. The lowest BCUT2D eigenvalue weighted by atomic mass is 10.2. The number of nitrogens with one attached hydrogen (secondary N) is 1. The van der Waals surface area contributed by atoms with Crippen LogP contribution in [0.2, 0.25) is 0 Å². The fraction of sp³-hybridized carbons (Fsp3) is 0.529. The Morgan fingerprint density at radius 3 is 2.58 bits per heavy atom. The first-order valence-corrected chi connectivity index (χ1v) is 8.39. The van der Waals surface area contributed by atoms with Gasteiger partial charge < -0.3 is 5.32 Å². The van der Waals surface area contributed by atoms with E-state index in [0.717, 1.165) is 37.1 Å². The predicted molar refractivity (Wildman–Crippen MR) is 90.2 cm³/mol. The molecule has 2 heterocycles. The van der Waals surface area contributed by atoms with Crippen LogP contribution in [0.5, 0.6) is 0 Å². The van der Waals surface area contributed by atoms with Crippen LogP contribution in [0.3, 0.4) is 0 Å². The molecule has 0 aliphatic heterocycles. The third kappa shape index (κ3) is 3.25. The number of amides is 1. The molecular formula is C17H23N5O2. The molecule has 1 aliphatic carbocycles. The minimum atomic E-state index is -0.657. The van der Waals surface area contributed by atoms with Gasteiger partial charge in [0, 0.05) is 17.8 Å². The van der Waals surface area contributed by atoms with E-state index in [1.54, 1.807) is 17.7 Å². The molecule has 7 heteroatoms. The maximum absolute atomic E-state index is 12.4. The van der Waals surface area contributed by atoms with Crippen LogP contribution in [0.25, 0.3) is 5.82 Å². The number of carbonyl (C=O) groups excluding carboxylic acids is 1. The Hall–Kier alpha value is -2.44. The van der Waals surface area contributed by atoms with Crippen molar-refractivity contribution in [2.45, 2.75) is 58.5 Å². The predicted octanol–water partition coefficient (Wildman–Crippen LogP) is 1.67. The van der Waals surface area contributed by atoms with Gasteiger partial charge in [-0.1, -0.05) is 12.8 Å². The Bertz CT molecular complexity index is 802. The largest absolute Gasteiger partial charge is 0.352 e. The van der Waals surface area contributed by atoms with Crippen molar-refractivity contribution in [2.75, 3.05) is 0 Å². The van der Waals surface area contributed by atoms with Crippen molar-refractivity contribution in [1.82, 2.24) is 24.9 Å². The Morgan fingerprint density at radius 2 is 1.96 bits per heavy atom. The molecule has 1 fully saturated rings. The highest BCUT2D eigenvalue weighted by atomic mass is 16.2. The van der Waals surface area contributed by atoms with Gasteiger partial charge in [-0.05, 0) is 45.7 Å². The van der Waals surface area contributed by atoms with Crippen LogP contribution < -0.4 is 10.9 Å². The number of nitrogens with zero attached hydrogens (tertiary/aromatic N) is 4. The number of hydrogen-bond acceptors (Lipinski definition) is 4. The highest BCUT2D eigenvalue weighted by molar-refractivity contribution is 5.80. The lowest BCUT2D eigenvalue weighted by Gasteiger charge is -2.18. The van der Waals surface area contributed by atoms with E-state index in [1.165, 1.54) is 10.7 Å². The molecule has 3 rings (SSSR count). The number of aromatic nitrogens is 4. The minimum Gasteiger partial charge on any atom is -0.352 e. The summed E-state index contributed by atoms with van der Waals surface area (Å²) in [6, 6.07) is 4.55. The van der Waals surface area contributed by atoms with Gasteiger partial charge >= 0.3 is 0 Å². The smallest absolute Gasteiger partial charge is 0.267 e. The first kappa shape index (κ1) is 16.4. The van der Waals surface area contributed by atoms with E-state index in [-0.39, 0.29) is 17.5 Å². The van der Waals surface area contributed by atoms with E-state index >= 15 is 0 Å². The maximum Gasteiger partial charge on any atom is 0.267 e. The Kier molecular flexibility index (Phi) is 4.51. The lowest BCUT2D eigenvalue weighted by molar-refractivity contribution is -0.124. The zero-order valence-corrected chi connectivity index (χ0v) is 14.3. The summed E-state index contributed by atoms with van der Waals surface area (Å²) < 4.78 is 2.91. The molecule has 24 heavy (non-hydrogen) atoms. The van der Waals surface area contributed by atoms with Gasteiger partial charge in [0.25, 0.3) is 5.56 Å². The second kappa shape index (κ2) is 6.59. The molecule has 7 nitrogen and oxygen atoms in total. The standard InChI is InChI=1S/C17H23N5O2/c1-11-10-12(2)21(19-11)15-8-9-16(23)22(20-15)13(3)17(24)18-14-6-4-5-7-14/h8-10,13-14H,4-7H2,1-3H3,(H,18,24). The summed E-state index contributed by atoms with van der Waals surface area (Å²) in [6.45, 7) is 5.52. The Labute approximate surface area is 140 Å². The van der Waals surface area contributed by atoms with Crippen molar-refractivity contribution in [3.63, 3.8) is 0 Å².